The van der Waals surface area contributed by atoms with E-state index in [0.29, 0.717) is 5.17 Å². The Morgan fingerprint density at radius 3 is 2.43 bits per heavy atom. The first kappa shape index (κ1) is 6.78. The van der Waals surface area contributed by atoms with Crippen molar-refractivity contribution in [3.8, 4) is 0 Å². The summed E-state index contributed by atoms with van der Waals surface area (Å²) < 4.78 is 0. The molecule has 0 radical (unpaired) electrons. The first-order valence-corrected chi connectivity index (χ1v) is 2.98. The van der Waals surface area contributed by atoms with Gasteiger partial charge in [0.15, 0.2) is 5.17 Å². The van der Waals surface area contributed by atoms with E-state index in [4.69, 9.17) is 5.21 Å². The van der Waals surface area contributed by atoms with Crippen LogP contribution in [0.3, 0.4) is 0 Å². The van der Waals surface area contributed by atoms with Crippen molar-refractivity contribution in [3.63, 3.8) is 0 Å². The second-order valence-electron chi connectivity index (χ2n) is 0.845. The summed E-state index contributed by atoms with van der Waals surface area (Å²) >= 11 is 1.36. The minimum Gasteiger partial charge on any atom is -0.289 e. The lowest BCUT2D eigenvalue weighted by molar-refractivity contribution is 0.238. The van der Waals surface area contributed by atoms with Crippen LogP contribution in [0.15, 0.2) is 4.99 Å². The summed E-state index contributed by atoms with van der Waals surface area (Å²) in [6, 6.07) is 0. The summed E-state index contributed by atoms with van der Waals surface area (Å²) in [5.74, 6) is 0. The Morgan fingerprint density at radius 2 is 2.43 bits per heavy atom. The zero-order chi connectivity index (χ0) is 5.70. The molecule has 0 aromatic rings. The second kappa shape index (κ2) is 3.95. The van der Waals surface area contributed by atoms with Crippen molar-refractivity contribution in [1.82, 2.24) is 5.48 Å². The van der Waals surface area contributed by atoms with Crippen LogP contribution in [0.25, 0.3) is 0 Å². The first-order chi connectivity index (χ1) is 3.35. The van der Waals surface area contributed by atoms with E-state index in [1.54, 1.807) is 7.05 Å². The Labute approximate surface area is 46.8 Å². The van der Waals surface area contributed by atoms with Crippen LogP contribution in [0, 0.1) is 0 Å². The summed E-state index contributed by atoms with van der Waals surface area (Å²) in [5.41, 5.74) is 1.91. The van der Waals surface area contributed by atoms with Crippen molar-refractivity contribution in [2.75, 3.05) is 13.3 Å². The SMILES string of the molecule is CN=C(NO)SC. The van der Waals surface area contributed by atoms with Gasteiger partial charge in [0.1, 0.15) is 0 Å². The van der Waals surface area contributed by atoms with Gasteiger partial charge in [-0.1, -0.05) is 11.8 Å². The number of amidine groups is 1. The summed E-state index contributed by atoms with van der Waals surface area (Å²) in [7, 11) is 1.61. The summed E-state index contributed by atoms with van der Waals surface area (Å²) in [4.78, 5) is 3.64. The molecule has 0 aliphatic heterocycles. The largest absolute Gasteiger partial charge is 0.289 e. The number of nitrogens with zero attached hydrogens (tertiary/aromatic N) is 1. The molecule has 0 rings (SSSR count). The van der Waals surface area contributed by atoms with Gasteiger partial charge in [0.2, 0.25) is 0 Å². The van der Waals surface area contributed by atoms with E-state index in [1.165, 1.54) is 11.8 Å². The maximum atomic E-state index is 8.12. The summed E-state index contributed by atoms with van der Waals surface area (Å²) in [5, 5.41) is 8.65. The van der Waals surface area contributed by atoms with Gasteiger partial charge in [-0.25, -0.2) is 5.48 Å². The summed E-state index contributed by atoms with van der Waals surface area (Å²) in [6.07, 6.45) is 1.82. The molecule has 0 saturated heterocycles. The van der Waals surface area contributed by atoms with Gasteiger partial charge in [0, 0.05) is 7.05 Å². The third kappa shape index (κ3) is 2.47. The Kier molecular flexibility index (Phi) is 3.83. The molecular weight excluding hydrogens is 112 g/mol. The van der Waals surface area contributed by atoms with Crippen molar-refractivity contribution in [3.05, 3.63) is 0 Å². The number of hydrogen-bond acceptors (Lipinski definition) is 3. The zero-order valence-electron chi connectivity index (χ0n) is 4.30. The molecule has 0 bridgehead atoms. The Balaban J connectivity index is 3.38. The molecule has 0 amide bonds. The van der Waals surface area contributed by atoms with Crippen LogP contribution < -0.4 is 5.48 Å². The molecule has 4 heteroatoms. The fraction of sp³-hybridized carbons (Fsp3) is 0.667. The lowest BCUT2D eigenvalue weighted by atomic mass is 11.2. The van der Waals surface area contributed by atoms with Crippen molar-refractivity contribution < 1.29 is 5.21 Å². The van der Waals surface area contributed by atoms with Gasteiger partial charge < -0.3 is 0 Å². The van der Waals surface area contributed by atoms with E-state index in [0.717, 1.165) is 0 Å². The number of thioether (sulfide) groups is 1. The molecule has 0 aromatic heterocycles. The number of rotatable bonds is 0. The minimum absolute atomic E-state index is 0.528. The highest BCUT2D eigenvalue weighted by molar-refractivity contribution is 8.13. The van der Waals surface area contributed by atoms with Gasteiger partial charge in [-0.3, -0.25) is 10.2 Å². The van der Waals surface area contributed by atoms with Crippen LogP contribution in [0.4, 0.5) is 0 Å². The zero-order valence-corrected chi connectivity index (χ0v) is 5.12. The van der Waals surface area contributed by atoms with Gasteiger partial charge in [-0.2, -0.15) is 0 Å². The maximum Gasteiger partial charge on any atom is 0.179 e. The third-order valence-corrected chi connectivity index (χ3v) is 1.15. The van der Waals surface area contributed by atoms with Crippen LogP contribution in [-0.2, 0) is 0 Å². The van der Waals surface area contributed by atoms with E-state index < -0.39 is 0 Å². The van der Waals surface area contributed by atoms with Crippen LogP contribution in [-0.4, -0.2) is 23.7 Å². The van der Waals surface area contributed by atoms with Gasteiger partial charge in [-0.15, -0.1) is 0 Å². The molecule has 0 aliphatic carbocycles. The lowest BCUT2D eigenvalue weighted by Crippen LogP contribution is -2.13. The predicted molar refractivity (Wildman–Crippen MR) is 31.8 cm³/mol. The van der Waals surface area contributed by atoms with Gasteiger partial charge >= 0.3 is 0 Å². The highest BCUT2D eigenvalue weighted by Crippen LogP contribution is 1.90. The molecule has 0 heterocycles. The van der Waals surface area contributed by atoms with Crippen LogP contribution in [0.2, 0.25) is 0 Å². The van der Waals surface area contributed by atoms with E-state index >= 15 is 0 Å². The monoisotopic (exact) mass is 120 g/mol. The van der Waals surface area contributed by atoms with Gasteiger partial charge in [-0.05, 0) is 6.26 Å². The molecule has 0 spiro atoms. The highest BCUT2D eigenvalue weighted by Gasteiger charge is 1.84. The van der Waals surface area contributed by atoms with Gasteiger partial charge in [0.05, 0.1) is 0 Å². The van der Waals surface area contributed by atoms with E-state index in [1.807, 2.05) is 11.7 Å². The molecule has 7 heavy (non-hydrogen) atoms. The standard InChI is InChI=1S/C3H8N2OS/c1-4-3(5-6)7-2/h6H,1-2H3,(H,4,5). The number of hydroxylamine groups is 1. The van der Waals surface area contributed by atoms with E-state index in [9.17, 15) is 0 Å². The lowest BCUT2D eigenvalue weighted by Gasteiger charge is -1.93. The third-order valence-electron chi connectivity index (χ3n) is 0.492. The fourth-order valence-electron chi connectivity index (χ4n) is 0.187. The molecule has 0 atom stereocenters. The molecule has 0 aromatic carbocycles. The average Bonchev–Trinajstić information content (AvgIpc) is 1.72. The molecule has 42 valence electrons. The van der Waals surface area contributed by atoms with Crippen molar-refractivity contribution in [2.24, 2.45) is 4.99 Å². The number of aliphatic imine (C=N–C) groups is 1. The Morgan fingerprint density at radius 1 is 1.86 bits per heavy atom. The van der Waals surface area contributed by atoms with Crippen LogP contribution >= 0.6 is 11.8 Å². The molecule has 2 N–H and O–H groups in total. The molecule has 3 nitrogen and oxygen atoms in total. The normalized spacial score (nSPS) is 11.6. The van der Waals surface area contributed by atoms with Crippen molar-refractivity contribution in [1.29, 1.82) is 0 Å². The quantitative estimate of drug-likeness (QED) is 0.275. The second-order valence-corrected chi connectivity index (χ2v) is 1.64. The molecule has 0 aliphatic rings. The maximum absolute atomic E-state index is 8.12. The molecule has 0 saturated carbocycles. The van der Waals surface area contributed by atoms with E-state index in [2.05, 4.69) is 4.99 Å². The topological polar surface area (TPSA) is 44.6 Å². The van der Waals surface area contributed by atoms with E-state index in [-0.39, 0.29) is 0 Å². The molecule has 0 unspecified atom stereocenters. The molecular formula is C3H8N2OS. The number of hydrogen-bond donors (Lipinski definition) is 2. The molecule has 0 fully saturated rings. The average molecular weight is 120 g/mol. The van der Waals surface area contributed by atoms with Crippen LogP contribution in [0.5, 0.6) is 0 Å². The van der Waals surface area contributed by atoms with Crippen LogP contribution in [0.1, 0.15) is 0 Å². The Hall–Kier alpha value is -0.220. The number of nitrogens with one attached hydrogen (secondary N) is 1. The fourth-order valence-corrected chi connectivity index (χ4v) is 0.461. The smallest absolute Gasteiger partial charge is 0.179 e. The van der Waals surface area contributed by atoms with Crippen molar-refractivity contribution >= 4 is 16.9 Å². The van der Waals surface area contributed by atoms with Crippen molar-refractivity contribution in [2.45, 2.75) is 0 Å². The first-order valence-electron chi connectivity index (χ1n) is 1.76. The Bertz CT molecular complexity index is 67.3. The summed E-state index contributed by atoms with van der Waals surface area (Å²) in [6.45, 7) is 0. The highest BCUT2D eigenvalue weighted by atomic mass is 32.2. The van der Waals surface area contributed by atoms with Gasteiger partial charge in [0.25, 0.3) is 0 Å². The predicted octanol–water partition coefficient (Wildman–Crippen LogP) is 0.314. The minimum atomic E-state index is 0.528.